The first kappa shape index (κ1) is 54.7. The maximum Gasteiger partial charge on any atom is 0.472 e. The average Bonchev–Trinajstić information content (AvgIpc) is 3.19. The molecule has 332 valence electrons. The summed E-state index contributed by atoms with van der Waals surface area (Å²) < 4.78 is 32.8. The van der Waals surface area contributed by atoms with E-state index in [2.05, 4.69) is 26.0 Å². The molecule has 0 aromatic carbocycles. The molecule has 0 fully saturated rings. The number of carbonyl (C=O) groups is 2. The fourth-order valence-electron chi connectivity index (χ4n) is 6.58. The van der Waals surface area contributed by atoms with Gasteiger partial charge >= 0.3 is 19.8 Å². The lowest BCUT2D eigenvalue weighted by molar-refractivity contribution is -0.161. The summed E-state index contributed by atoms with van der Waals surface area (Å²) in [6.45, 7) is 2.41. The number of esters is 2. The summed E-state index contributed by atoms with van der Waals surface area (Å²) in [5, 5.41) is 18.3. The molecule has 3 unspecified atom stereocenters. The molecule has 0 bridgehead atoms. The van der Waals surface area contributed by atoms with Crippen molar-refractivity contribution < 1.29 is 47.8 Å². The zero-order valence-electron chi connectivity index (χ0n) is 36.1. The molecule has 0 rings (SSSR count). The molecule has 0 aliphatic rings. The smallest absolute Gasteiger partial charge is 0.462 e. The highest BCUT2D eigenvalue weighted by molar-refractivity contribution is 7.47. The van der Waals surface area contributed by atoms with Crippen LogP contribution in [0.2, 0.25) is 0 Å². The molecular formula is C45H87O10P. The quantitative estimate of drug-likeness (QED) is 0.0235. The van der Waals surface area contributed by atoms with E-state index in [0.717, 1.165) is 44.9 Å². The van der Waals surface area contributed by atoms with Crippen molar-refractivity contribution in [2.75, 3.05) is 26.4 Å². The first-order valence-electron chi connectivity index (χ1n) is 23.1. The number of hydrogen-bond acceptors (Lipinski definition) is 9. The van der Waals surface area contributed by atoms with Gasteiger partial charge in [-0.3, -0.25) is 18.6 Å². The van der Waals surface area contributed by atoms with Crippen molar-refractivity contribution in [3.05, 3.63) is 12.2 Å². The van der Waals surface area contributed by atoms with E-state index in [4.69, 9.17) is 23.6 Å². The second kappa shape index (κ2) is 41.9. The number of ether oxygens (including phenoxy) is 2. The van der Waals surface area contributed by atoms with Crippen LogP contribution >= 0.6 is 7.82 Å². The second-order valence-electron chi connectivity index (χ2n) is 15.8. The molecule has 0 radical (unpaired) electrons. The van der Waals surface area contributed by atoms with Crippen molar-refractivity contribution in [3.63, 3.8) is 0 Å². The molecule has 56 heavy (non-hydrogen) atoms. The lowest BCUT2D eigenvalue weighted by Gasteiger charge is -2.20. The Morgan fingerprint density at radius 3 is 1.29 bits per heavy atom. The Bertz CT molecular complexity index is 946. The minimum absolute atomic E-state index is 0.184. The van der Waals surface area contributed by atoms with Crippen LogP contribution < -0.4 is 0 Å². The molecule has 0 aromatic heterocycles. The number of allylic oxidation sites excluding steroid dienone is 2. The van der Waals surface area contributed by atoms with E-state index in [-0.39, 0.29) is 19.4 Å². The number of aliphatic hydroxyl groups is 2. The van der Waals surface area contributed by atoms with E-state index < -0.39 is 51.8 Å². The molecule has 11 heteroatoms. The van der Waals surface area contributed by atoms with Crippen molar-refractivity contribution in [1.82, 2.24) is 0 Å². The summed E-state index contributed by atoms with van der Waals surface area (Å²) in [6.07, 6.45) is 40.3. The van der Waals surface area contributed by atoms with Crippen LogP contribution in [-0.4, -0.2) is 65.7 Å². The number of hydrogen-bond donors (Lipinski definition) is 3. The summed E-state index contributed by atoms with van der Waals surface area (Å²) in [7, 11) is -4.61. The van der Waals surface area contributed by atoms with Gasteiger partial charge in [0.15, 0.2) is 6.10 Å². The molecular weight excluding hydrogens is 731 g/mol. The summed E-state index contributed by atoms with van der Waals surface area (Å²) in [5.74, 6) is -0.917. The van der Waals surface area contributed by atoms with Crippen molar-refractivity contribution in [2.24, 2.45) is 0 Å². The molecule has 0 saturated heterocycles. The molecule has 3 N–H and O–H groups in total. The zero-order chi connectivity index (χ0) is 41.2. The third kappa shape index (κ3) is 40.9. The third-order valence-electron chi connectivity index (χ3n) is 10.2. The van der Waals surface area contributed by atoms with Crippen LogP contribution in [0.15, 0.2) is 12.2 Å². The summed E-state index contributed by atoms with van der Waals surface area (Å²) in [5.41, 5.74) is 0. The van der Waals surface area contributed by atoms with Gasteiger partial charge in [0.1, 0.15) is 12.7 Å². The van der Waals surface area contributed by atoms with E-state index in [9.17, 15) is 24.2 Å². The number of unbranched alkanes of at least 4 members (excludes halogenated alkanes) is 28. The van der Waals surface area contributed by atoms with Crippen molar-refractivity contribution in [1.29, 1.82) is 0 Å². The fraction of sp³-hybridized carbons (Fsp3) is 0.911. The highest BCUT2D eigenvalue weighted by Crippen LogP contribution is 2.43. The lowest BCUT2D eigenvalue weighted by Crippen LogP contribution is -2.29. The minimum Gasteiger partial charge on any atom is -0.462 e. The van der Waals surface area contributed by atoms with E-state index in [1.54, 1.807) is 0 Å². The van der Waals surface area contributed by atoms with Gasteiger partial charge in [0.05, 0.1) is 19.8 Å². The van der Waals surface area contributed by atoms with Crippen LogP contribution in [0.25, 0.3) is 0 Å². The SMILES string of the molecule is CCCCCCCC/C=C\CCCCCCCCCC(=O)OC(COC(=O)CCCCCCCCCCCCCCCCCC)COP(=O)(O)OCC(O)CO. The molecule has 0 aliphatic carbocycles. The van der Waals surface area contributed by atoms with Crippen LogP contribution in [0.3, 0.4) is 0 Å². The van der Waals surface area contributed by atoms with Crippen molar-refractivity contribution in [3.8, 4) is 0 Å². The zero-order valence-corrected chi connectivity index (χ0v) is 37.0. The molecule has 0 aliphatic heterocycles. The summed E-state index contributed by atoms with van der Waals surface area (Å²) >= 11 is 0. The van der Waals surface area contributed by atoms with Gasteiger partial charge in [-0.15, -0.1) is 0 Å². The van der Waals surface area contributed by atoms with Gasteiger partial charge in [-0.2, -0.15) is 0 Å². The largest absolute Gasteiger partial charge is 0.472 e. The number of phosphoric ester groups is 1. The van der Waals surface area contributed by atoms with Gasteiger partial charge in [0.25, 0.3) is 0 Å². The molecule has 0 aromatic rings. The van der Waals surface area contributed by atoms with Gasteiger partial charge in [-0.1, -0.05) is 187 Å². The number of rotatable bonds is 44. The van der Waals surface area contributed by atoms with Gasteiger partial charge in [0.2, 0.25) is 0 Å². The maximum absolute atomic E-state index is 12.6. The summed E-state index contributed by atoms with van der Waals surface area (Å²) in [4.78, 5) is 35.0. The van der Waals surface area contributed by atoms with Crippen LogP contribution in [0, 0.1) is 0 Å². The van der Waals surface area contributed by atoms with Gasteiger partial charge < -0.3 is 24.6 Å². The highest BCUT2D eigenvalue weighted by Gasteiger charge is 2.27. The number of aliphatic hydroxyl groups excluding tert-OH is 2. The van der Waals surface area contributed by atoms with Crippen LogP contribution in [0.4, 0.5) is 0 Å². The number of phosphoric acid groups is 1. The van der Waals surface area contributed by atoms with E-state index in [0.29, 0.717) is 12.8 Å². The van der Waals surface area contributed by atoms with Gasteiger partial charge in [-0.25, -0.2) is 4.57 Å². The second-order valence-corrected chi connectivity index (χ2v) is 17.2. The molecule has 0 amide bonds. The first-order chi connectivity index (χ1) is 27.2. The molecule has 10 nitrogen and oxygen atoms in total. The van der Waals surface area contributed by atoms with Gasteiger partial charge in [-0.05, 0) is 38.5 Å². The maximum atomic E-state index is 12.6. The molecule has 0 spiro atoms. The monoisotopic (exact) mass is 819 g/mol. The Hall–Kier alpha value is -1.29. The van der Waals surface area contributed by atoms with Crippen LogP contribution in [-0.2, 0) is 32.7 Å². The molecule has 0 saturated carbocycles. The van der Waals surface area contributed by atoms with Crippen molar-refractivity contribution in [2.45, 2.75) is 238 Å². The number of carbonyl (C=O) groups excluding carboxylic acids is 2. The topological polar surface area (TPSA) is 149 Å². The van der Waals surface area contributed by atoms with Crippen LogP contribution in [0.5, 0.6) is 0 Å². The Labute approximate surface area is 343 Å². The van der Waals surface area contributed by atoms with Crippen molar-refractivity contribution >= 4 is 19.8 Å². The standard InChI is InChI=1S/C45H87O10P/c1-3-5-7-9-11-13-15-17-19-21-23-25-27-29-31-33-35-37-45(49)55-43(41-54-56(50,51)53-39-42(47)38-46)40-52-44(48)36-34-32-30-28-26-24-22-20-18-16-14-12-10-8-6-4-2/h17,19,42-43,46-47H,3-16,18,20-41H2,1-2H3,(H,50,51)/b19-17-. The predicted molar refractivity (Wildman–Crippen MR) is 229 cm³/mol. The fourth-order valence-corrected chi connectivity index (χ4v) is 7.37. The Morgan fingerprint density at radius 2 is 0.875 bits per heavy atom. The predicted octanol–water partition coefficient (Wildman–Crippen LogP) is 12.4. The third-order valence-corrected chi connectivity index (χ3v) is 11.1. The highest BCUT2D eigenvalue weighted by atomic mass is 31.2. The molecule has 0 heterocycles. The first-order valence-corrected chi connectivity index (χ1v) is 24.6. The van der Waals surface area contributed by atoms with E-state index >= 15 is 0 Å². The van der Waals surface area contributed by atoms with Gasteiger partial charge in [0, 0.05) is 12.8 Å². The van der Waals surface area contributed by atoms with E-state index in [1.165, 1.54) is 141 Å². The Balaban J connectivity index is 4.23. The minimum atomic E-state index is -4.61. The normalized spacial score (nSPS) is 13.9. The summed E-state index contributed by atoms with van der Waals surface area (Å²) in [6, 6.07) is 0. The Morgan fingerprint density at radius 1 is 0.518 bits per heavy atom. The molecule has 3 atom stereocenters. The average molecular weight is 819 g/mol. The Kier molecular flexibility index (Phi) is 40.9. The van der Waals surface area contributed by atoms with E-state index in [1.807, 2.05) is 0 Å². The van der Waals surface area contributed by atoms with Crippen LogP contribution in [0.1, 0.15) is 226 Å². The lowest BCUT2D eigenvalue weighted by atomic mass is 10.0.